The molecule has 0 fully saturated rings. The highest BCUT2D eigenvalue weighted by atomic mass is 32.1. The molecule has 2 heterocycles. The largest absolute Gasteiger partial charge is 0.462 e. The Balaban J connectivity index is 1.93. The number of thiazole rings is 1. The zero-order valence-corrected chi connectivity index (χ0v) is 16.7. The van der Waals surface area contributed by atoms with Crippen LogP contribution in [0, 0.1) is 19.7 Å². The molecule has 150 valence electrons. The first-order valence-electron chi connectivity index (χ1n) is 8.63. The van der Waals surface area contributed by atoms with Gasteiger partial charge in [-0.15, -0.1) is 0 Å². The minimum absolute atomic E-state index is 0.105. The van der Waals surface area contributed by atoms with Crippen molar-refractivity contribution in [1.29, 1.82) is 0 Å². The number of carbonyl (C=O) groups excluding carboxylic acids is 2. The van der Waals surface area contributed by atoms with E-state index in [2.05, 4.69) is 15.4 Å². The van der Waals surface area contributed by atoms with Crippen molar-refractivity contribution < 1.29 is 18.7 Å². The van der Waals surface area contributed by atoms with Gasteiger partial charge in [-0.05, 0) is 32.9 Å². The average molecular weight is 416 g/mol. The van der Waals surface area contributed by atoms with E-state index in [1.165, 1.54) is 28.9 Å². The molecule has 0 aliphatic heterocycles. The molecular weight excluding hydrogens is 399 g/mol. The fourth-order valence-electron chi connectivity index (χ4n) is 2.56. The fourth-order valence-corrected chi connectivity index (χ4v) is 3.42. The monoisotopic (exact) mass is 416 g/mol. The number of hydrogen-bond acceptors (Lipinski definition) is 7. The number of aryl methyl sites for hydroxylation is 2. The minimum Gasteiger partial charge on any atom is -0.462 e. The van der Waals surface area contributed by atoms with Gasteiger partial charge in [0.1, 0.15) is 16.4 Å². The van der Waals surface area contributed by atoms with E-state index in [-0.39, 0.29) is 22.3 Å². The number of anilines is 1. The Bertz CT molecular complexity index is 1160. The van der Waals surface area contributed by atoms with E-state index in [4.69, 9.17) is 4.74 Å². The molecule has 3 rings (SSSR count). The molecule has 0 bridgehead atoms. The topological polar surface area (TPSA) is 103 Å². The first kappa shape index (κ1) is 20.3. The van der Waals surface area contributed by atoms with Crippen molar-refractivity contribution >= 4 is 28.3 Å². The number of aromatic nitrogens is 3. The van der Waals surface area contributed by atoms with Gasteiger partial charge in [-0.2, -0.15) is 5.10 Å². The summed E-state index contributed by atoms with van der Waals surface area (Å²) in [5, 5.41) is 6.61. The summed E-state index contributed by atoms with van der Waals surface area (Å²) in [5.41, 5.74) is -0.180. The number of hydrogen-bond donors (Lipinski definition) is 1. The molecule has 1 amide bonds. The van der Waals surface area contributed by atoms with Crippen molar-refractivity contribution in [3.63, 3.8) is 0 Å². The predicted octanol–water partition coefficient (Wildman–Crippen LogP) is 2.87. The van der Waals surface area contributed by atoms with Crippen molar-refractivity contribution in [2.45, 2.75) is 20.8 Å². The summed E-state index contributed by atoms with van der Waals surface area (Å²) in [4.78, 5) is 41.1. The molecule has 3 aromatic rings. The molecule has 0 spiro atoms. The van der Waals surface area contributed by atoms with Crippen LogP contribution in [0.2, 0.25) is 0 Å². The van der Waals surface area contributed by atoms with Crippen LogP contribution in [0.4, 0.5) is 9.52 Å². The zero-order valence-electron chi connectivity index (χ0n) is 15.9. The van der Waals surface area contributed by atoms with E-state index in [9.17, 15) is 18.8 Å². The van der Waals surface area contributed by atoms with Crippen molar-refractivity contribution in [1.82, 2.24) is 14.8 Å². The van der Waals surface area contributed by atoms with E-state index >= 15 is 0 Å². The molecule has 29 heavy (non-hydrogen) atoms. The molecular formula is C19H17FN4O4S. The Hall–Kier alpha value is -3.40. The molecule has 0 saturated heterocycles. The maximum Gasteiger partial charge on any atom is 0.350 e. The number of para-hydroxylation sites is 1. The molecule has 0 aliphatic carbocycles. The van der Waals surface area contributed by atoms with Gasteiger partial charge in [0.25, 0.3) is 5.91 Å². The number of ether oxygens (including phenoxy) is 1. The van der Waals surface area contributed by atoms with Gasteiger partial charge in [0.2, 0.25) is 5.43 Å². The molecule has 1 aromatic carbocycles. The Kier molecular flexibility index (Phi) is 5.83. The van der Waals surface area contributed by atoms with Crippen LogP contribution in [0.5, 0.6) is 0 Å². The fraction of sp³-hybridized carbons (Fsp3) is 0.211. The number of nitrogens with one attached hydrogen (secondary N) is 1. The van der Waals surface area contributed by atoms with Crippen LogP contribution in [0.15, 0.2) is 35.1 Å². The third-order valence-corrected chi connectivity index (χ3v) is 4.93. The Labute approximate surface area is 169 Å². The molecule has 0 saturated carbocycles. The number of benzene rings is 1. The molecule has 0 unspecified atom stereocenters. The lowest BCUT2D eigenvalue weighted by atomic mass is 10.2. The Morgan fingerprint density at radius 3 is 2.69 bits per heavy atom. The SMILES string of the molecule is CCOC(=O)c1sc(NC(=O)c2nn(-c3ccccc3F)c(C)cc2=O)nc1C. The number of amides is 1. The van der Waals surface area contributed by atoms with E-state index < -0.39 is 28.8 Å². The van der Waals surface area contributed by atoms with Gasteiger partial charge in [-0.25, -0.2) is 18.9 Å². The summed E-state index contributed by atoms with van der Waals surface area (Å²) >= 11 is 0.928. The maximum absolute atomic E-state index is 14.1. The van der Waals surface area contributed by atoms with Crippen molar-refractivity contribution in [3.8, 4) is 5.69 Å². The van der Waals surface area contributed by atoms with Crippen LogP contribution in [-0.4, -0.2) is 33.2 Å². The normalized spacial score (nSPS) is 10.6. The highest BCUT2D eigenvalue weighted by molar-refractivity contribution is 7.17. The van der Waals surface area contributed by atoms with Gasteiger partial charge in [-0.3, -0.25) is 14.9 Å². The second-order valence-corrected chi connectivity index (χ2v) is 6.97. The van der Waals surface area contributed by atoms with Crippen LogP contribution < -0.4 is 10.7 Å². The van der Waals surface area contributed by atoms with Crippen LogP contribution in [0.25, 0.3) is 5.69 Å². The van der Waals surface area contributed by atoms with Crippen molar-refractivity contribution in [3.05, 3.63) is 68.3 Å². The average Bonchev–Trinajstić information content (AvgIpc) is 3.03. The number of carbonyl (C=O) groups is 2. The zero-order chi connectivity index (χ0) is 21.1. The van der Waals surface area contributed by atoms with Crippen molar-refractivity contribution in [2.24, 2.45) is 0 Å². The van der Waals surface area contributed by atoms with Gasteiger partial charge in [0.05, 0.1) is 12.3 Å². The predicted molar refractivity (Wildman–Crippen MR) is 105 cm³/mol. The van der Waals surface area contributed by atoms with Gasteiger partial charge in [0, 0.05) is 11.8 Å². The quantitative estimate of drug-likeness (QED) is 0.642. The van der Waals surface area contributed by atoms with Crippen molar-refractivity contribution in [2.75, 3.05) is 11.9 Å². The standard InChI is InChI=1S/C19H17FN4O4S/c1-4-28-18(27)16-11(3)21-19(29-16)22-17(26)15-14(25)9-10(2)24(23-15)13-8-6-5-7-12(13)20/h5-9H,4H2,1-3H3,(H,21,22,26). The number of rotatable bonds is 5. The van der Waals surface area contributed by atoms with Crippen LogP contribution in [0.1, 0.15) is 38.5 Å². The second-order valence-electron chi connectivity index (χ2n) is 5.97. The Morgan fingerprint density at radius 1 is 1.28 bits per heavy atom. The molecule has 0 aliphatic rings. The van der Waals surface area contributed by atoms with Crippen LogP contribution in [-0.2, 0) is 4.74 Å². The van der Waals surface area contributed by atoms with E-state index in [1.807, 2.05) is 0 Å². The Morgan fingerprint density at radius 2 is 2.00 bits per heavy atom. The highest BCUT2D eigenvalue weighted by Crippen LogP contribution is 2.23. The number of nitrogens with zero attached hydrogens (tertiary/aromatic N) is 3. The van der Waals surface area contributed by atoms with Gasteiger partial charge >= 0.3 is 5.97 Å². The summed E-state index contributed by atoms with van der Waals surface area (Å²) in [7, 11) is 0. The number of esters is 1. The lowest BCUT2D eigenvalue weighted by Crippen LogP contribution is -2.27. The van der Waals surface area contributed by atoms with Crippen LogP contribution >= 0.6 is 11.3 Å². The molecule has 10 heteroatoms. The molecule has 0 radical (unpaired) electrons. The smallest absolute Gasteiger partial charge is 0.350 e. The minimum atomic E-state index is -0.816. The first-order chi connectivity index (χ1) is 13.8. The molecule has 8 nitrogen and oxygen atoms in total. The van der Waals surface area contributed by atoms with Gasteiger partial charge < -0.3 is 4.74 Å². The summed E-state index contributed by atoms with van der Waals surface area (Å²) in [6.07, 6.45) is 0. The summed E-state index contributed by atoms with van der Waals surface area (Å²) < 4.78 is 20.3. The first-order valence-corrected chi connectivity index (χ1v) is 9.45. The van der Waals surface area contributed by atoms with Crippen LogP contribution in [0.3, 0.4) is 0 Å². The third-order valence-electron chi connectivity index (χ3n) is 3.88. The number of halogens is 1. The lowest BCUT2D eigenvalue weighted by Gasteiger charge is -2.11. The summed E-state index contributed by atoms with van der Waals surface area (Å²) in [6, 6.07) is 7.08. The molecule has 0 atom stereocenters. The van der Waals surface area contributed by atoms with E-state index in [0.717, 1.165) is 11.3 Å². The highest BCUT2D eigenvalue weighted by Gasteiger charge is 2.21. The molecule has 2 aromatic heterocycles. The van der Waals surface area contributed by atoms with Gasteiger partial charge in [-0.1, -0.05) is 23.5 Å². The van der Waals surface area contributed by atoms with E-state index in [1.54, 1.807) is 26.8 Å². The molecule has 1 N–H and O–H groups in total. The van der Waals surface area contributed by atoms with Gasteiger partial charge in [0.15, 0.2) is 10.8 Å². The summed E-state index contributed by atoms with van der Waals surface area (Å²) in [6.45, 7) is 5.08. The second kappa shape index (κ2) is 8.31. The third kappa shape index (κ3) is 4.21. The lowest BCUT2D eigenvalue weighted by molar-refractivity contribution is 0.0531. The van der Waals surface area contributed by atoms with E-state index in [0.29, 0.717) is 11.4 Å². The maximum atomic E-state index is 14.1. The summed E-state index contributed by atoms with van der Waals surface area (Å²) in [5.74, 6) is -1.91.